The zero-order chi connectivity index (χ0) is 14.2. The van der Waals surface area contributed by atoms with Crippen LogP contribution in [0.5, 0.6) is 0 Å². The normalized spacial score (nSPS) is 18.9. The standard InChI is InChI=1S/C16H29N3O/c1-2-13(11-12-17)9-10-15-18-16(19-20-15)14-7-5-3-4-6-8-14/h13-14H,2-12,17H2,1H3. The van der Waals surface area contributed by atoms with Gasteiger partial charge in [0.2, 0.25) is 5.89 Å². The van der Waals surface area contributed by atoms with Gasteiger partial charge in [-0.1, -0.05) is 44.2 Å². The highest BCUT2D eigenvalue weighted by atomic mass is 16.5. The van der Waals surface area contributed by atoms with Gasteiger partial charge in [-0.15, -0.1) is 0 Å². The third kappa shape index (κ3) is 4.58. The first kappa shape index (κ1) is 15.5. The first-order valence-electron chi connectivity index (χ1n) is 8.36. The Labute approximate surface area is 122 Å². The largest absolute Gasteiger partial charge is 0.339 e. The van der Waals surface area contributed by atoms with Crippen molar-refractivity contribution in [1.29, 1.82) is 0 Å². The van der Waals surface area contributed by atoms with E-state index in [1.165, 1.54) is 44.9 Å². The SMILES string of the molecule is CCC(CCN)CCc1nc(C2CCCCCC2)no1. The molecule has 0 aromatic carbocycles. The van der Waals surface area contributed by atoms with E-state index in [1.54, 1.807) is 0 Å². The number of aromatic nitrogens is 2. The van der Waals surface area contributed by atoms with Crippen LogP contribution in [-0.2, 0) is 6.42 Å². The van der Waals surface area contributed by atoms with E-state index in [9.17, 15) is 0 Å². The molecule has 1 aromatic heterocycles. The van der Waals surface area contributed by atoms with Crippen molar-refractivity contribution in [2.24, 2.45) is 11.7 Å². The van der Waals surface area contributed by atoms with Crippen molar-refractivity contribution < 1.29 is 4.52 Å². The van der Waals surface area contributed by atoms with Gasteiger partial charge < -0.3 is 10.3 Å². The van der Waals surface area contributed by atoms with Crippen LogP contribution in [-0.4, -0.2) is 16.7 Å². The van der Waals surface area contributed by atoms with E-state index in [2.05, 4.69) is 17.1 Å². The molecule has 0 amide bonds. The molecule has 20 heavy (non-hydrogen) atoms. The molecule has 0 spiro atoms. The molecular weight excluding hydrogens is 250 g/mol. The van der Waals surface area contributed by atoms with Crippen molar-refractivity contribution in [1.82, 2.24) is 10.1 Å². The number of rotatable bonds is 7. The first-order chi connectivity index (χ1) is 9.83. The number of nitrogens with zero attached hydrogens (tertiary/aromatic N) is 2. The van der Waals surface area contributed by atoms with E-state index >= 15 is 0 Å². The van der Waals surface area contributed by atoms with Gasteiger partial charge in [-0.25, -0.2) is 0 Å². The molecule has 2 N–H and O–H groups in total. The Morgan fingerprint density at radius 2 is 1.95 bits per heavy atom. The fraction of sp³-hybridized carbons (Fsp3) is 0.875. The Hall–Kier alpha value is -0.900. The zero-order valence-electron chi connectivity index (χ0n) is 12.8. The summed E-state index contributed by atoms with van der Waals surface area (Å²) in [5.74, 6) is 2.99. The summed E-state index contributed by atoms with van der Waals surface area (Å²) in [5, 5.41) is 4.22. The Morgan fingerprint density at radius 3 is 2.60 bits per heavy atom. The van der Waals surface area contributed by atoms with Gasteiger partial charge in [-0.3, -0.25) is 0 Å². The van der Waals surface area contributed by atoms with Crippen LogP contribution in [0.1, 0.15) is 82.3 Å². The monoisotopic (exact) mass is 279 g/mol. The molecule has 4 nitrogen and oxygen atoms in total. The molecule has 1 aromatic rings. The number of nitrogens with two attached hydrogens (primary N) is 1. The molecule has 2 rings (SSSR count). The van der Waals surface area contributed by atoms with Crippen LogP contribution < -0.4 is 5.73 Å². The van der Waals surface area contributed by atoms with Gasteiger partial charge in [0.25, 0.3) is 0 Å². The second-order valence-corrected chi connectivity index (χ2v) is 6.13. The lowest BCUT2D eigenvalue weighted by molar-refractivity contribution is 0.347. The fourth-order valence-electron chi connectivity index (χ4n) is 3.19. The van der Waals surface area contributed by atoms with Crippen molar-refractivity contribution in [2.45, 2.75) is 77.0 Å². The second kappa shape index (κ2) is 8.40. The van der Waals surface area contributed by atoms with Crippen LogP contribution in [0.15, 0.2) is 4.52 Å². The van der Waals surface area contributed by atoms with Crippen molar-refractivity contribution in [3.05, 3.63) is 11.7 Å². The lowest BCUT2D eigenvalue weighted by Gasteiger charge is -2.11. The molecule has 0 aliphatic heterocycles. The quantitative estimate of drug-likeness (QED) is 0.771. The van der Waals surface area contributed by atoms with E-state index in [-0.39, 0.29) is 0 Å². The van der Waals surface area contributed by atoms with E-state index in [0.29, 0.717) is 11.8 Å². The second-order valence-electron chi connectivity index (χ2n) is 6.13. The number of aryl methyl sites for hydroxylation is 1. The Kier molecular flexibility index (Phi) is 6.51. The number of hydrogen-bond acceptors (Lipinski definition) is 4. The lowest BCUT2D eigenvalue weighted by Crippen LogP contribution is -2.09. The van der Waals surface area contributed by atoms with Crippen LogP contribution in [0, 0.1) is 5.92 Å². The molecule has 1 aliphatic carbocycles. The molecule has 1 fully saturated rings. The zero-order valence-corrected chi connectivity index (χ0v) is 12.8. The van der Waals surface area contributed by atoms with Crippen LogP contribution in [0.25, 0.3) is 0 Å². The molecule has 1 saturated carbocycles. The summed E-state index contributed by atoms with van der Waals surface area (Å²) in [6.07, 6.45) is 12.1. The van der Waals surface area contributed by atoms with Gasteiger partial charge in [-0.05, 0) is 38.1 Å². The predicted molar refractivity (Wildman–Crippen MR) is 80.5 cm³/mol. The minimum atomic E-state index is 0.529. The van der Waals surface area contributed by atoms with E-state index in [1.807, 2.05) is 0 Å². The van der Waals surface area contributed by atoms with Crippen LogP contribution >= 0.6 is 0 Å². The maximum atomic E-state index is 5.64. The highest BCUT2D eigenvalue weighted by Gasteiger charge is 2.20. The molecule has 1 unspecified atom stereocenters. The average Bonchev–Trinajstić information content (AvgIpc) is 2.77. The van der Waals surface area contributed by atoms with Crippen molar-refractivity contribution >= 4 is 0 Å². The maximum absolute atomic E-state index is 5.64. The molecule has 114 valence electrons. The molecule has 4 heteroatoms. The molecule has 1 atom stereocenters. The third-order valence-electron chi connectivity index (χ3n) is 4.62. The summed E-state index contributed by atoms with van der Waals surface area (Å²) < 4.78 is 5.44. The van der Waals surface area contributed by atoms with Crippen molar-refractivity contribution in [3.63, 3.8) is 0 Å². The summed E-state index contributed by atoms with van der Waals surface area (Å²) in [5.41, 5.74) is 5.64. The average molecular weight is 279 g/mol. The van der Waals surface area contributed by atoms with Gasteiger partial charge in [-0.2, -0.15) is 4.98 Å². The minimum absolute atomic E-state index is 0.529. The summed E-state index contributed by atoms with van der Waals surface area (Å²) in [6.45, 7) is 3.00. The summed E-state index contributed by atoms with van der Waals surface area (Å²) in [6, 6.07) is 0. The maximum Gasteiger partial charge on any atom is 0.226 e. The molecular formula is C16H29N3O. The first-order valence-corrected chi connectivity index (χ1v) is 8.36. The molecule has 0 saturated heterocycles. The molecule has 1 aliphatic rings. The smallest absolute Gasteiger partial charge is 0.226 e. The Morgan fingerprint density at radius 1 is 1.20 bits per heavy atom. The fourth-order valence-corrected chi connectivity index (χ4v) is 3.19. The van der Waals surface area contributed by atoms with Gasteiger partial charge >= 0.3 is 0 Å². The van der Waals surface area contributed by atoms with Crippen molar-refractivity contribution in [2.75, 3.05) is 6.54 Å². The highest BCUT2D eigenvalue weighted by Crippen LogP contribution is 2.30. The van der Waals surface area contributed by atoms with Gasteiger partial charge in [0, 0.05) is 12.3 Å². The van der Waals surface area contributed by atoms with Gasteiger partial charge in [0.15, 0.2) is 5.82 Å². The number of hydrogen-bond donors (Lipinski definition) is 1. The highest BCUT2D eigenvalue weighted by molar-refractivity contribution is 4.96. The van der Waals surface area contributed by atoms with E-state index in [0.717, 1.165) is 37.5 Å². The molecule has 1 heterocycles. The van der Waals surface area contributed by atoms with Crippen LogP contribution in [0.4, 0.5) is 0 Å². The van der Waals surface area contributed by atoms with Crippen LogP contribution in [0.2, 0.25) is 0 Å². The molecule has 0 bridgehead atoms. The van der Waals surface area contributed by atoms with Gasteiger partial charge in [0.05, 0.1) is 0 Å². The predicted octanol–water partition coefficient (Wildman–Crippen LogP) is 3.82. The van der Waals surface area contributed by atoms with Crippen LogP contribution in [0.3, 0.4) is 0 Å². The minimum Gasteiger partial charge on any atom is -0.339 e. The Bertz CT molecular complexity index is 370. The van der Waals surface area contributed by atoms with Crippen molar-refractivity contribution in [3.8, 4) is 0 Å². The summed E-state index contributed by atoms with van der Waals surface area (Å²) >= 11 is 0. The summed E-state index contributed by atoms with van der Waals surface area (Å²) in [7, 11) is 0. The topological polar surface area (TPSA) is 64.9 Å². The summed E-state index contributed by atoms with van der Waals surface area (Å²) in [4.78, 5) is 4.63. The third-order valence-corrected chi connectivity index (χ3v) is 4.62. The van der Waals surface area contributed by atoms with Gasteiger partial charge in [0.1, 0.15) is 0 Å². The molecule has 0 radical (unpaired) electrons. The Balaban J connectivity index is 1.84. The van der Waals surface area contributed by atoms with E-state index in [4.69, 9.17) is 10.3 Å². The van der Waals surface area contributed by atoms with E-state index < -0.39 is 0 Å². The lowest BCUT2D eigenvalue weighted by atomic mass is 9.96.